The maximum absolute atomic E-state index is 12.6. The van der Waals surface area contributed by atoms with Gasteiger partial charge in [-0.05, 0) is 37.3 Å². The molecule has 1 N–H and O–H groups in total. The minimum atomic E-state index is -0.523. The largest absolute Gasteiger partial charge is 0.452 e. The molecule has 1 aliphatic rings. The molecule has 1 aromatic heterocycles. The van der Waals surface area contributed by atoms with Gasteiger partial charge in [0.15, 0.2) is 6.61 Å². The number of carbonyl (C=O) groups excluding carboxylic acids is 2. The second-order valence-corrected chi connectivity index (χ2v) is 8.46. The maximum atomic E-state index is 12.6. The van der Waals surface area contributed by atoms with Crippen molar-refractivity contribution in [2.24, 2.45) is 0 Å². The molecule has 2 heterocycles. The van der Waals surface area contributed by atoms with Crippen molar-refractivity contribution in [2.45, 2.75) is 6.92 Å². The topological polar surface area (TPSA) is 78.5 Å². The molecule has 0 spiro atoms. The van der Waals surface area contributed by atoms with E-state index in [4.69, 9.17) is 4.74 Å². The minimum absolute atomic E-state index is 0.176. The highest BCUT2D eigenvalue weighted by Gasteiger charge is 2.22. The molecule has 0 unspecified atom stereocenters. The zero-order chi connectivity index (χ0) is 23.5. The number of H-pyrrole nitrogens is 1. The molecule has 3 aromatic carbocycles. The Bertz CT molecular complexity index is 1310. The van der Waals surface area contributed by atoms with Crippen molar-refractivity contribution in [2.75, 3.05) is 37.7 Å². The number of para-hydroxylation sites is 1. The van der Waals surface area contributed by atoms with E-state index >= 15 is 0 Å². The average Bonchev–Trinajstić information content (AvgIpc) is 3.31. The molecule has 1 aliphatic heterocycles. The second-order valence-electron chi connectivity index (χ2n) is 8.46. The molecule has 0 radical (unpaired) electrons. The normalized spacial score (nSPS) is 13.8. The molecule has 1 fully saturated rings. The van der Waals surface area contributed by atoms with Crippen LogP contribution in [0.25, 0.3) is 22.4 Å². The number of aromatic nitrogens is 2. The molecule has 34 heavy (non-hydrogen) atoms. The van der Waals surface area contributed by atoms with E-state index in [2.05, 4.69) is 27.0 Å². The van der Waals surface area contributed by atoms with Crippen molar-refractivity contribution < 1.29 is 14.3 Å². The van der Waals surface area contributed by atoms with E-state index < -0.39 is 5.97 Å². The summed E-state index contributed by atoms with van der Waals surface area (Å²) in [6.07, 6.45) is 0. The van der Waals surface area contributed by atoms with Gasteiger partial charge in [-0.1, -0.05) is 48.0 Å². The molecule has 7 nitrogen and oxygen atoms in total. The Morgan fingerprint density at radius 2 is 1.68 bits per heavy atom. The van der Waals surface area contributed by atoms with Crippen LogP contribution in [0.1, 0.15) is 15.9 Å². The fraction of sp³-hybridized carbons (Fsp3) is 0.222. The summed E-state index contributed by atoms with van der Waals surface area (Å²) in [6.45, 7) is 4.49. The molecule has 4 aromatic rings. The Morgan fingerprint density at radius 3 is 2.41 bits per heavy atom. The van der Waals surface area contributed by atoms with Crippen LogP contribution in [0.5, 0.6) is 0 Å². The number of anilines is 1. The number of esters is 1. The third-order valence-corrected chi connectivity index (χ3v) is 6.12. The summed E-state index contributed by atoms with van der Waals surface area (Å²) in [6, 6.07) is 23.4. The number of aryl methyl sites for hydroxylation is 1. The van der Waals surface area contributed by atoms with Crippen LogP contribution in [0.2, 0.25) is 0 Å². The zero-order valence-electron chi connectivity index (χ0n) is 19.0. The Labute approximate surface area is 198 Å². The lowest BCUT2D eigenvalue weighted by molar-refractivity contribution is -0.134. The van der Waals surface area contributed by atoms with Crippen LogP contribution in [0.15, 0.2) is 72.8 Å². The van der Waals surface area contributed by atoms with Crippen molar-refractivity contribution in [3.05, 3.63) is 83.9 Å². The molecular formula is C27H26N4O3. The molecule has 1 saturated heterocycles. The second kappa shape index (κ2) is 9.39. The smallest absolute Gasteiger partial charge is 0.338 e. The number of fused-ring (bicyclic) bond motifs is 1. The van der Waals surface area contributed by atoms with Crippen molar-refractivity contribution in [1.82, 2.24) is 14.9 Å². The van der Waals surface area contributed by atoms with Crippen molar-refractivity contribution >= 4 is 28.6 Å². The van der Waals surface area contributed by atoms with Gasteiger partial charge in [-0.15, -0.1) is 0 Å². The Hall–Kier alpha value is -4.13. The number of piperazine rings is 1. The number of rotatable bonds is 5. The summed E-state index contributed by atoms with van der Waals surface area (Å²) in [5.74, 6) is 0.0420. The van der Waals surface area contributed by atoms with Gasteiger partial charge < -0.3 is 19.5 Å². The van der Waals surface area contributed by atoms with Crippen LogP contribution in [-0.2, 0) is 9.53 Å². The van der Waals surface area contributed by atoms with Crippen LogP contribution >= 0.6 is 0 Å². The number of benzene rings is 3. The molecule has 7 heteroatoms. The zero-order valence-corrected chi connectivity index (χ0v) is 19.0. The fourth-order valence-electron chi connectivity index (χ4n) is 4.14. The highest BCUT2D eigenvalue weighted by molar-refractivity contribution is 5.95. The Morgan fingerprint density at radius 1 is 0.941 bits per heavy atom. The molecule has 1 amide bonds. The van der Waals surface area contributed by atoms with Crippen LogP contribution in [0.4, 0.5) is 5.69 Å². The third kappa shape index (κ3) is 4.64. The Kier molecular flexibility index (Phi) is 5.99. The van der Waals surface area contributed by atoms with Gasteiger partial charge in [-0.3, -0.25) is 4.79 Å². The van der Waals surface area contributed by atoms with Gasteiger partial charge in [0.1, 0.15) is 5.82 Å². The summed E-state index contributed by atoms with van der Waals surface area (Å²) < 4.78 is 5.33. The van der Waals surface area contributed by atoms with Gasteiger partial charge in [0.25, 0.3) is 5.91 Å². The number of imidazole rings is 1. The van der Waals surface area contributed by atoms with Crippen LogP contribution in [0, 0.1) is 6.92 Å². The quantitative estimate of drug-likeness (QED) is 0.461. The molecule has 5 rings (SSSR count). The minimum Gasteiger partial charge on any atom is -0.452 e. The third-order valence-electron chi connectivity index (χ3n) is 6.12. The molecular weight excluding hydrogens is 428 g/mol. The van der Waals surface area contributed by atoms with E-state index in [1.54, 1.807) is 23.1 Å². The summed E-state index contributed by atoms with van der Waals surface area (Å²) in [5, 5.41) is 0. The van der Waals surface area contributed by atoms with Gasteiger partial charge in [0.05, 0.1) is 16.6 Å². The van der Waals surface area contributed by atoms with Gasteiger partial charge in [-0.2, -0.15) is 0 Å². The summed E-state index contributed by atoms with van der Waals surface area (Å²) >= 11 is 0. The molecule has 0 aliphatic carbocycles. The van der Waals surface area contributed by atoms with Crippen molar-refractivity contribution in [3.63, 3.8) is 0 Å². The van der Waals surface area contributed by atoms with Crippen molar-refractivity contribution in [3.8, 4) is 11.4 Å². The number of nitrogens with one attached hydrogen (secondary N) is 1. The summed E-state index contributed by atoms with van der Waals surface area (Å²) in [7, 11) is 0. The molecule has 0 bridgehead atoms. The van der Waals surface area contributed by atoms with Crippen LogP contribution in [-0.4, -0.2) is 59.5 Å². The summed E-state index contributed by atoms with van der Waals surface area (Å²) in [4.78, 5) is 37.0. The molecule has 0 atom stereocenters. The lowest BCUT2D eigenvalue weighted by Crippen LogP contribution is -2.49. The standard InChI is InChI=1S/C27H26N4O3/c1-19-7-9-20(10-8-19)26-28-23-12-11-21(17-24(23)29-26)27(33)34-18-25(32)31-15-13-30(14-16-31)22-5-3-2-4-6-22/h2-12,17H,13-16,18H2,1H3,(H,28,29). The number of carbonyl (C=O) groups is 2. The number of hydrogen-bond donors (Lipinski definition) is 1. The fourth-order valence-corrected chi connectivity index (χ4v) is 4.14. The first kappa shape index (κ1) is 21.7. The van der Waals surface area contributed by atoms with E-state index in [1.807, 2.05) is 49.4 Å². The van der Waals surface area contributed by atoms with Crippen LogP contribution in [0.3, 0.4) is 0 Å². The van der Waals surface area contributed by atoms with E-state index in [9.17, 15) is 9.59 Å². The van der Waals surface area contributed by atoms with E-state index in [-0.39, 0.29) is 12.5 Å². The predicted octanol–water partition coefficient (Wildman–Crippen LogP) is 4.04. The first-order chi connectivity index (χ1) is 16.6. The number of aromatic amines is 1. The van der Waals surface area contributed by atoms with E-state index in [0.29, 0.717) is 18.7 Å². The molecule has 172 valence electrons. The monoisotopic (exact) mass is 454 g/mol. The highest BCUT2D eigenvalue weighted by atomic mass is 16.5. The highest BCUT2D eigenvalue weighted by Crippen LogP contribution is 2.22. The van der Waals surface area contributed by atoms with E-state index in [1.165, 1.54) is 5.56 Å². The lowest BCUT2D eigenvalue weighted by atomic mass is 10.1. The first-order valence-electron chi connectivity index (χ1n) is 11.4. The number of ether oxygens (including phenoxy) is 1. The number of nitrogens with zero attached hydrogens (tertiary/aromatic N) is 3. The van der Waals surface area contributed by atoms with E-state index in [0.717, 1.165) is 41.2 Å². The van der Waals surface area contributed by atoms with Gasteiger partial charge in [-0.25, -0.2) is 9.78 Å². The van der Waals surface area contributed by atoms with Crippen LogP contribution < -0.4 is 4.90 Å². The Balaban J connectivity index is 1.18. The van der Waals surface area contributed by atoms with Crippen molar-refractivity contribution in [1.29, 1.82) is 0 Å². The maximum Gasteiger partial charge on any atom is 0.338 e. The van der Waals surface area contributed by atoms with Gasteiger partial charge in [0, 0.05) is 37.4 Å². The first-order valence-corrected chi connectivity index (χ1v) is 11.4. The SMILES string of the molecule is Cc1ccc(-c2nc3ccc(C(=O)OCC(=O)N4CCN(c5ccccc5)CC4)cc3[nH]2)cc1. The lowest BCUT2D eigenvalue weighted by Gasteiger charge is -2.36. The molecule has 0 saturated carbocycles. The summed E-state index contributed by atoms with van der Waals surface area (Å²) in [5.41, 5.74) is 5.20. The van der Waals surface area contributed by atoms with Gasteiger partial charge in [0.2, 0.25) is 0 Å². The number of amides is 1. The van der Waals surface area contributed by atoms with Gasteiger partial charge >= 0.3 is 5.97 Å². The number of hydrogen-bond acceptors (Lipinski definition) is 5. The average molecular weight is 455 g/mol. The predicted molar refractivity (Wildman–Crippen MR) is 132 cm³/mol.